The molecule has 0 aliphatic heterocycles. The molecule has 0 spiro atoms. The highest BCUT2D eigenvalue weighted by molar-refractivity contribution is 5.68. The molecule has 0 aliphatic rings. The molecule has 1 aromatic heterocycles. The third-order valence-corrected chi connectivity index (χ3v) is 1.59. The lowest BCUT2D eigenvalue weighted by atomic mass is 10.1. The second-order valence-corrected chi connectivity index (χ2v) is 2.37. The zero-order chi connectivity index (χ0) is 8.97. The number of hydrogen-bond acceptors (Lipinski definition) is 3. The highest BCUT2D eigenvalue weighted by atomic mass is 16.5. The molecule has 0 atom stereocenters. The van der Waals surface area contributed by atoms with E-state index in [1.165, 1.54) is 0 Å². The molecular weight excluding hydrogens is 152 g/mol. The molecule has 12 heavy (non-hydrogen) atoms. The Morgan fingerprint density at radius 1 is 1.75 bits per heavy atom. The topological polar surface area (TPSA) is 48.1 Å². The van der Waals surface area contributed by atoms with E-state index >= 15 is 0 Å². The lowest BCUT2D eigenvalue weighted by molar-refractivity contribution is 0.396. The number of methoxy groups -OCH3 is 1. The molecule has 1 heterocycles. The molecule has 3 nitrogen and oxygen atoms in total. The van der Waals surface area contributed by atoms with E-state index in [-0.39, 0.29) is 0 Å². The van der Waals surface area contributed by atoms with Crippen molar-refractivity contribution in [3.63, 3.8) is 0 Å². The number of nitrogens with two attached hydrogens (primary N) is 1. The fourth-order valence-electron chi connectivity index (χ4n) is 0.933. The normalized spacial score (nSPS) is 9.50. The van der Waals surface area contributed by atoms with Gasteiger partial charge in [0.05, 0.1) is 7.11 Å². The first-order valence-corrected chi connectivity index (χ1v) is 3.66. The predicted molar refractivity (Wildman–Crippen MR) is 48.9 cm³/mol. The highest BCUT2D eigenvalue weighted by Crippen LogP contribution is 2.20. The van der Waals surface area contributed by atoms with Crippen LogP contribution in [-0.4, -0.2) is 18.6 Å². The van der Waals surface area contributed by atoms with Crippen molar-refractivity contribution in [3.8, 4) is 5.88 Å². The Morgan fingerprint density at radius 2 is 2.50 bits per heavy atom. The molecule has 0 radical (unpaired) electrons. The van der Waals surface area contributed by atoms with Gasteiger partial charge in [0.1, 0.15) is 0 Å². The van der Waals surface area contributed by atoms with E-state index in [2.05, 4.69) is 11.6 Å². The van der Waals surface area contributed by atoms with Crippen molar-refractivity contribution in [1.29, 1.82) is 0 Å². The van der Waals surface area contributed by atoms with Gasteiger partial charge in [0.25, 0.3) is 0 Å². The van der Waals surface area contributed by atoms with E-state index in [4.69, 9.17) is 10.5 Å². The fraction of sp³-hybridized carbons (Fsp3) is 0.222. The van der Waals surface area contributed by atoms with E-state index in [0.29, 0.717) is 12.4 Å². The van der Waals surface area contributed by atoms with Gasteiger partial charge in [0, 0.05) is 18.3 Å². The van der Waals surface area contributed by atoms with Gasteiger partial charge in [-0.3, -0.25) is 0 Å². The molecule has 0 fully saturated rings. The van der Waals surface area contributed by atoms with E-state index in [1.54, 1.807) is 13.3 Å². The molecule has 0 saturated carbocycles. The van der Waals surface area contributed by atoms with E-state index < -0.39 is 0 Å². The summed E-state index contributed by atoms with van der Waals surface area (Å²) in [5.74, 6) is 0.577. The van der Waals surface area contributed by atoms with Crippen LogP contribution in [0.2, 0.25) is 0 Å². The summed E-state index contributed by atoms with van der Waals surface area (Å²) in [5, 5.41) is 0. The van der Waals surface area contributed by atoms with Gasteiger partial charge in [-0.15, -0.1) is 0 Å². The van der Waals surface area contributed by atoms with Gasteiger partial charge < -0.3 is 10.5 Å². The molecule has 0 unspecified atom stereocenters. The van der Waals surface area contributed by atoms with Crippen LogP contribution < -0.4 is 10.5 Å². The lowest BCUT2D eigenvalue weighted by Gasteiger charge is -2.06. The Morgan fingerprint density at radius 3 is 3.08 bits per heavy atom. The van der Waals surface area contributed by atoms with Gasteiger partial charge >= 0.3 is 0 Å². The predicted octanol–water partition coefficient (Wildman–Crippen LogP) is 1.06. The average molecular weight is 164 g/mol. The van der Waals surface area contributed by atoms with Crippen molar-refractivity contribution < 1.29 is 4.74 Å². The van der Waals surface area contributed by atoms with Crippen LogP contribution in [-0.2, 0) is 0 Å². The monoisotopic (exact) mass is 164 g/mol. The van der Waals surface area contributed by atoms with E-state index in [1.807, 2.05) is 12.1 Å². The first-order chi connectivity index (χ1) is 5.79. The SMILES string of the molecule is C=C(CN)c1cccnc1OC. The maximum Gasteiger partial charge on any atom is 0.220 e. The average Bonchev–Trinajstić information content (AvgIpc) is 2.16. The third kappa shape index (κ3) is 1.62. The molecule has 64 valence electrons. The van der Waals surface area contributed by atoms with Crippen LogP contribution in [0, 0.1) is 0 Å². The molecule has 0 amide bonds. The summed E-state index contributed by atoms with van der Waals surface area (Å²) in [7, 11) is 1.58. The number of aromatic nitrogens is 1. The second-order valence-electron chi connectivity index (χ2n) is 2.37. The summed E-state index contributed by atoms with van der Waals surface area (Å²) < 4.78 is 5.04. The first kappa shape index (κ1) is 8.74. The number of ether oxygens (including phenoxy) is 1. The second kappa shape index (κ2) is 3.88. The molecule has 1 aromatic rings. The molecule has 3 heteroatoms. The minimum Gasteiger partial charge on any atom is -0.481 e. The Bertz CT molecular complexity index is 284. The zero-order valence-corrected chi connectivity index (χ0v) is 7.08. The van der Waals surface area contributed by atoms with Crippen molar-refractivity contribution in [2.45, 2.75) is 0 Å². The minimum atomic E-state index is 0.419. The smallest absolute Gasteiger partial charge is 0.220 e. The lowest BCUT2D eigenvalue weighted by Crippen LogP contribution is -2.03. The molecule has 2 N–H and O–H groups in total. The van der Waals surface area contributed by atoms with Crippen LogP contribution >= 0.6 is 0 Å². The van der Waals surface area contributed by atoms with E-state index in [0.717, 1.165) is 11.1 Å². The quantitative estimate of drug-likeness (QED) is 0.726. The molecular formula is C9H12N2O. The molecule has 1 rings (SSSR count). The van der Waals surface area contributed by atoms with Crippen molar-refractivity contribution in [3.05, 3.63) is 30.5 Å². The zero-order valence-electron chi connectivity index (χ0n) is 7.08. The van der Waals surface area contributed by atoms with Crippen LogP contribution in [0.3, 0.4) is 0 Å². The Kier molecular flexibility index (Phi) is 2.82. The summed E-state index contributed by atoms with van der Waals surface area (Å²) in [4.78, 5) is 4.03. The summed E-state index contributed by atoms with van der Waals surface area (Å²) in [6, 6.07) is 3.72. The summed E-state index contributed by atoms with van der Waals surface area (Å²) in [6.45, 7) is 4.23. The largest absolute Gasteiger partial charge is 0.481 e. The van der Waals surface area contributed by atoms with Gasteiger partial charge in [0.15, 0.2) is 0 Å². The maximum absolute atomic E-state index is 5.44. The van der Waals surface area contributed by atoms with Gasteiger partial charge in [0.2, 0.25) is 5.88 Å². The Hall–Kier alpha value is -1.35. The van der Waals surface area contributed by atoms with Crippen LogP contribution in [0.25, 0.3) is 5.57 Å². The van der Waals surface area contributed by atoms with Crippen molar-refractivity contribution in [2.75, 3.05) is 13.7 Å². The number of rotatable bonds is 3. The van der Waals surface area contributed by atoms with Crippen molar-refractivity contribution >= 4 is 5.57 Å². The number of nitrogens with zero attached hydrogens (tertiary/aromatic N) is 1. The standard InChI is InChI=1S/C9H12N2O/c1-7(6-10)8-4-3-5-11-9(8)12-2/h3-5H,1,6,10H2,2H3. The minimum absolute atomic E-state index is 0.419. The summed E-state index contributed by atoms with van der Waals surface area (Å²) in [5.41, 5.74) is 7.16. The highest BCUT2D eigenvalue weighted by Gasteiger charge is 2.04. The van der Waals surface area contributed by atoms with Crippen LogP contribution in [0.1, 0.15) is 5.56 Å². The number of pyridine rings is 1. The van der Waals surface area contributed by atoms with Crippen LogP contribution in [0.15, 0.2) is 24.9 Å². The summed E-state index contributed by atoms with van der Waals surface area (Å²) >= 11 is 0. The van der Waals surface area contributed by atoms with Gasteiger partial charge in [-0.1, -0.05) is 6.58 Å². The molecule has 0 aliphatic carbocycles. The van der Waals surface area contributed by atoms with E-state index in [9.17, 15) is 0 Å². The van der Waals surface area contributed by atoms with Crippen molar-refractivity contribution in [1.82, 2.24) is 4.98 Å². The van der Waals surface area contributed by atoms with Crippen LogP contribution in [0.4, 0.5) is 0 Å². The Labute approximate surface area is 71.9 Å². The molecule has 0 saturated heterocycles. The molecule has 0 bridgehead atoms. The molecule has 0 aromatic carbocycles. The van der Waals surface area contributed by atoms with Crippen LogP contribution in [0.5, 0.6) is 5.88 Å². The van der Waals surface area contributed by atoms with Gasteiger partial charge in [-0.05, 0) is 17.7 Å². The summed E-state index contributed by atoms with van der Waals surface area (Å²) in [6.07, 6.45) is 1.67. The Balaban J connectivity index is 3.04. The number of hydrogen-bond donors (Lipinski definition) is 1. The van der Waals surface area contributed by atoms with Gasteiger partial charge in [-0.2, -0.15) is 0 Å². The van der Waals surface area contributed by atoms with Crippen molar-refractivity contribution in [2.24, 2.45) is 5.73 Å². The third-order valence-electron chi connectivity index (χ3n) is 1.59. The fourth-order valence-corrected chi connectivity index (χ4v) is 0.933. The van der Waals surface area contributed by atoms with Gasteiger partial charge in [-0.25, -0.2) is 4.98 Å². The first-order valence-electron chi connectivity index (χ1n) is 3.66. The maximum atomic E-state index is 5.44.